The van der Waals surface area contributed by atoms with Crippen molar-refractivity contribution in [1.82, 2.24) is 5.32 Å². The van der Waals surface area contributed by atoms with Crippen LogP contribution < -0.4 is 11.1 Å². The van der Waals surface area contributed by atoms with E-state index in [4.69, 9.17) is 5.73 Å². The molecule has 0 aliphatic heterocycles. The van der Waals surface area contributed by atoms with Gasteiger partial charge in [0, 0.05) is 17.1 Å². The Morgan fingerprint density at radius 1 is 1.29 bits per heavy atom. The zero-order valence-electron chi connectivity index (χ0n) is 10.7. The van der Waals surface area contributed by atoms with Crippen molar-refractivity contribution in [2.75, 3.05) is 12.3 Å². The Kier molecular flexibility index (Phi) is 4.86. The standard InChI is InChI=1S/C14H24N2S/c1-2-11-3-5-12(6-4-11)9-16-10-14-13(15)7-8-17-14/h7-8,11-12,16H,2-6,9-10,15H2,1H3. The molecule has 0 saturated heterocycles. The highest BCUT2D eigenvalue weighted by Crippen LogP contribution is 2.30. The van der Waals surface area contributed by atoms with Gasteiger partial charge in [0.2, 0.25) is 0 Å². The summed E-state index contributed by atoms with van der Waals surface area (Å²) in [5.74, 6) is 1.89. The van der Waals surface area contributed by atoms with Gasteiger partial charge in [-0.2, -0.15) is 0 Å². The quantitative estimate of drug-likeness (QED) is 0.839. The predicted molar refractivity (Wildman–Crippen MR) is 76.2 cm³/mol. The minimum absolute atomic E-state index is 0.888. The van der Waals surface area contributed by atoms with Gasteiger partial charge >= 0.3 is 0 Å². The van der Waals surface area contributed by atoms with E-state index in [1.165, 1.54) is 37.0 Å². The van der Waals surface area contributed by atoms with Crippen LogP contribution in [0.15, 0.2) is 11.4 Å². The van der Waals surface area contributed by atoms with Crippen molar-refractivity contribution in [2.24, 2.45) is 11.8 Å². The van der Waals surface area contributed by atoms with Crippen LogP contribution in [0.4, 0.5) is 5.69 Å². The Morgan fingerprint density at radius 2 is 2.00 bits per heavy atom. The van der Waals surface area contributed by atoms with E-state index in [0.29, 0.717) is 0 Å². The number of nitrogens with one attached hydrogen (secondary N) is 1. The summed E-state index contributed by atoms with van der Waals surface area (Å²) < 4.78 is 0. The first-order chi connectivity index (χ1) is 8.29. The van der Waals surface area contributed by atoms with Gasteiger partial charge < -0.3 is 11.1 Å². The van der Waals surface area contributed by atoms with Gasteiger partial charge in [-0.3, -0.25) is 0 Å². The molecule has 0 bridgehead atoms. The minimum Gasteiger partial charge on any atom is -0.398 e. The first kappa shape index (κ1) is 12.9. The van der Waals surface area contributed by atoms with Gasteiger partial charge in [0.1, 0.15) is 0 Å². The van der Waals surface area contributed by atoms with Crippen molar-refractivity contribution in [3.8, 4) is 0 Å². The third-order valence-corrected chi connectivity index (χ3v) is 4.98. The number of anilines is 1. The van der Waals surface area contributed by atoms with Gasteiger partial charge in [0.25, 0.3) is 0 Å². The molecule has 1 aromatic heterocycles. The Balaban J connectivity index is 1.65. The van der Waals surface area contributed by atoms with Crippen molar-refractivity contribution in [3.63, 3.8) is 0 Å². The van der Waals surface area contributed by atoms with Crippen LogP contribution in [0.2, 0.25) is 0 Å². The van der Waals surface area contributed by atoms with Crippen molar-refractivity contribution in [1.29, 1.82) is 0 Å². The number of hydrogen-bond acceptors (Lipinski definition) is 3. The molecule has 1 aliphatic rings. The zero-order valence-corrected chi connectivity index (χ0v) is 11.6. The lowest BCUT2D eigenvalue weighted by molar-refractivity contribution is 0.262. The molecule has 3 heteroatoms. The average Bonchev–Trinajstić information content (AvgIpc) is 2.76. The van der Waals surface area contributed by atoms with E-state index in [2.05, 4.69) is 17.6 Å². The summed E-state index contributed by atoms with van der Waals surface area (Å²) in [6, 6.07) is 1.99. The first-order valence-corrected chi connectivity index (χ1v) is 7.70. The molecule has 0 amide bonds. The Hall–Kier alpha value is -0.540. The molecule has 1 saturated carbocycles. The molecule has 2 rings (SSSR count). The van der Waals surface area contributed by atoms with E-state index < -0.39 is 0 Å². The van der Waals surface area contributed by atoms with Crippen LogP contribution in [-0.4, -0.2) is 6.54 Å². The SMILES string of the molecule is CCC1CCC(CNCc2sccc2N)CC1. The average molecular weight is 252 g/mol. The van der Waals surface area contributed by atoms with Crippen LogP contribution in [0.25, 0.3) is 0 Å². The highest BCUT2D eigenvalue weighted by molar-refractivity contribution is 7.10. The Labute approximate surface area is 109 Å². The summed E-state index contributed by atoms with van der Waals surface area (Å²) in [4.78, 5) is 1.28. The van der Waals surface area contributed by atoms with Crippen molar-refractivity contribution < 1.29 is 0 Å². The topological polar surface area (TPSA) is 38.0 Å². The molecule has 17 heavy (non-hydrogen) atoms. The second-order valence-corrected chi connectivity index (χ2v) is 6.23. The minimum atomic E-state index is 0.888. The van der Waals surface area contributed by atoms with Crippen LogP contribution in [0.3, 0.4) is 0 Å². The van der Waals surface area contributed by atoms with E-state index in [0.717, 1.165) is 30.6 Å². The molecule has 96 valence electrons. The predicted octanol–water partition coefficient (Wildman–Crippen LogP) is 3.64. The third kappa shape index (κ3) is 3.71. The van der Waals surface area contributed by atoms with Crippen LogP contribution in [-0.2, 0) is 6.54 Å². The second-order valence-electron chi connectivity index (χ2n) is 5.23. The maximum Gasteiger partial charge on any atom is 0.0468 e. The normalized spacial score (nSPS) is 25.0. The number of nitrogen functional groups attached to an aromatic ring is 1. The van der Waals surface area contributed by atoms with E-state index in [1.54, 1.807) is 11.3 Å². The number of rotatable bonds is 5. The molecule has 0 unspecified atom stereocenters. The second kappa shape index (κ2) is 6.41. The molecule has 0 radical (unpaired) electrons. The monoisotopic (exact) mass is 252 g/mol. The highest BCUT2D eigenvalue weighted by Gasteiger charge is 2.19. The van der Waals surface area contributed by atoms with Crippen molar-refractivity contribution in [2.45, 2.75) is 45.6 Å². The van der Waals surface area contributed by atoms with Crippen LogP contribution in [0, 0.1) is 11.8 Å². The fourth-order valence-corrected chi connectivity index (χ4v) is 3.50. The van der Waals surface area contributed by atoms with E-state index in [-0.39, 0.29) is 0 Å². The molecule has 2 nitrogen and oxygen atoms in total. The molecule has 0 spiro atoms. The lowest BCUT2D eigenvalue weighted by atomic mass is 9.81. The van der Waals surface area contributed by atoms with Gasteiger partial charge in [-0.25, -0.2) is 0 Å². The van der Waals surface area contributed by atoms with Crippen LogP contribution >= 0.6 is 11.3 Å². The summed E-state index contributed by atoms with van der Waals surface area (Å²) in [7, 11) is 0. The molecule has 0 atom stereocenters. The Bertz CT molecular complexity index is 327. The zero-order chi connectivity index (χ0) is 12.1. The molecular formula is C14H24N2S. The highest BCUT2D eigenvalue weighted by atomic mass is 32.1. The molecule has 1 aliphatic carbocycles. The van der Waals surface area contributed by atoms with Gasteiger partial charge in [-0.15, -0.1) is 11.3 Å². The lowest BCUT2D eigenvalue weighted by Gasteiger charge is -2.27. The number of hydrogen-bond donors (Lipinski definition) is 2. The van der Waals surface area contributed by atoms with E-state index in [1.807, 2.05) is 6.07 Å². The fourth-order valence-electron chi connectivity index (χ4n) is 2.73. The summed E-state index contributed by atoms with van der Waals surface area (Å²) in [5.41, 5.74) is 6.81. The summed E-state index contributed by atoms with van der Waals surface area (Å²) in [6.45, 7) is 4.42. The van der Waals surface area contributed by atoms with Gasteiger partial charge in [-0.1, -0.05) is 26.2 Å². The van der Waals surface area contributed by atoms with Gasteiger partial charge in [0.15, 0.2) is 0 Å². The van der Waals surface area contributed by atoms with E-state index >= 15 is 0 Å². The fraction of sp³-hybridized carbons (Fsp3) is 0.714. The smallest absolute Gasteiger partial charge is 0.0468 e. The summed E-state index contributed by atoms with van der Waals surface area (Å²) >= 11 is 1.75. The molecule has 3 N–H and O–H groups in total. The maximum atomic E-state index is 5.87. The van der Waals surface area contributed by atoms with Crippen molar-refractivity contribution in [3.05, 3.63) is 16.3 Å². The lowest BCUT2D eigenvalue weighted by Crippen LogP contribution is -2.26. The number of nitrogens with two attached hydrogens (primary N) is 1. The third-order valence-electron chi connectivity index (χ3n) is 4.04. The van der Waals surface area contributed by atoms with Crippen LogP contribution in [0.1, 0.15) is 43.9 Å². The van der Waals surface area contributed by atoms with Gasteiger partial charge in [-0.05, 0) is 42.7 Å². The largest absolute Gasteiger partial charge is 0.398 e. The molecule has 1 aromatic rings. The van der Waals surface area contributed by atoms with Gasteiger partial charge in [0.05, 0.1) is 0 Å². The molecule has 1 heterocycles. The molecule has 1 fully saturated rings. The van der Waals surface area contributed by atoms with Crippen molar-refractivity contribution >= 4 is 17.0 Å². The number of thiophene rings is 1. The summed E-state index contributed by atoms with van der Waals surface area (Å²) in [5, 5.41) is 5.63. The Morgan fingerprint density at radius 3 is 2.59 bits per heavy atom. The molecule has 0 aromatic carbocycles. The van der Waals surface area contributed by atoms with E-state index in [9.17, 15) is 0 Å². The molecular weight excluding hydrogens is 228 g/mol. The van der Waals surface area contributed by atoms with Crippen LogP contribution in [0.5, 0.6) is 0 Å². The maximum absolute atomic E-state index is 5.87. The first-order valence-electron chi connectivity index (χ1n) is 6.82. The summed E-state index contributed by atoms with van der Waals surface area (Å²) in [6.07, 6.45) is 7.05.